The highest BCUT2D eigenvalue weighted by Crippen LogP contribution is 2.28. The monoisotopic (exact) mass is 278 g/mol. The summed E-state index contributed by atoms with van der Waals surface area (Å²) in [6, 6.07) is 5.19. The fourth-order valence-electron chi connectivity index (χ4n) is 3.64. The molecule has 0 amide bonds. The summed E-state index contributed by atoms with van der Waals surface area (Å²) in [5.74, 6) is 0.928. The van der Waals surface area contributed by atoms with Crippen molar-refractivity contribution in [3.63, 3.8) is 0 Å². The van der Waals surface area contributed by atoms with Crippen molar-refractivity contribution in [2.45, 2.75) is 51.1 Å². The lowest BCUT2D eigenvalue weighted by Gasteiger charge is -2.32. The van der Waals surface area contributed by atoms with Crippen LogP contribution in [0, 0.1) is 5.92 Å². The topological polar surface area (TPSA) is 15.3 Å². The molecule has 2 fully saturated rings. The molecule has 2 nitrogen and oxygen atoms in total. The molecular weight excluding hydrogens is 252 g/mol. The molecule has 1 aromatic rings. The van der Waals surface area contributed by atoms with E-state index in [-0.39, 0.29) is 0 Å². The van der Waals surface area contributed by atoms with Crippen LogP contribution in [0.15, 0.2) is 17.5 Å². The maximum absolute atomic E-state index is 3.82. The Morgan fingerprint density at radius 3 is 2.89 bits per heavy atom. The molecule has 1 aliphatic carbocycles. The predicted octanol–water partition coefficient (Wildman–Crippen LogP) is 3.49. The van der Waals surface area contributed by atoms with Crippen molar-refractivity contribution in [2.75, 3.05) is 19.6 Å². The smallest absolute Gasteiger partial charge is 0.0328 e. The summed E-state index contributed by atoms with van der Waals surface area (Å²) in [5.41, 5.74) is 0. The Bertz CT molecular complexity index is 357. The highest BCUT2D eigenvalue weighted by molar-refractivity contribution is 7.09. The van der Waals surface area contributed by atoms with Crippen LogP contribution in [-0.4, -0.2) is 30.6 Å². The lowest BCUT2D eigenvalue weighted by atomic mass is 9.83. The van der Waals surface area contributed by atoms with Crippen molar-refractivity contribution in [1.82, 2.24) is 10.2 Å². The minimum atomic E-state index is 0.739. The van der Waals surface area contributed by atoms with Gasteiger partial charge in [-0.15, -0.1) is 11.3 Å². The molecule has 1 atom stereocenters. The summed E-state index contributed by atoms with van der Waals surface area (Å²) in [6.07, 6.45) is 8.56. The summed E-state index contributed by atoms with van der Waals surface area (Å²) in [7, 11) is 0. The first-order valence-electron chi connectivity index (χ1n) is 7.90. The zero-order chi connectivity index (χ0) is 12.9. The van der Waals surface area contributed by atoms with Gasteiger partial charge in [-0.2, -0.15) is 0 Å². The minimum absolute atomic E-state index is 0.739. The van der Waals surface area contributed by atoms with Crippen LogP contribution in [0.3, 0.4) is 0 Å². The van der Waals surface area contributed by atoms with Crippen LogP contribution in [-0.2, 0) is 6.54 Å². The molecule has 19 heavy (non-hydrogen) atoms. The molecule has 2 aliphatic rings. The van der Waals surface area contributed by atoms with Crippen molar-refractivity contribution < 1.29 is 0 Å². The molecule has 0 bridgehead atoms. The van der Waals surface area contributed by atoms with Gasteiger partial charge >= 0.3 is 0 Å². The van der Waals surface area contributed by atoms with E-state index in [9.17, 15) is 0 Å². The Balaban J connectivity index is 1.58. The minimum Gasteiger partial charge on any atom is -0.312 e. The molecular formula is C16H26N2S. The Morgan fingerprint density at radius 1 is 1.21 bits per heavy atom. The molecule has 0 radical (unpaired) electrons. The van der Waals surface area contributed by atoms with E-state index in [0.717, 1.165) is 18.5 Å². The molecule has 1 saturated carbocycles. The van der Waals surface area contributed by atoms with Crippen LogP contribution in [0.2, 0.25) is 0 Å². The number of hydrogen-bond acceptors (Lipinski definition) is 3. The van der Waals surface area contributed by atoms with Crippen LogP contribution >= 0.6 is 11.3 Å². The Labute approximate surface area is 121 Å². The number of thiophene rings is 1. The third-order valence-corrected chi connectivity index (χ3v) is 5.55. The van der Waals surface area contributed by atoms with Gasteiger partial charge in [-0.05, 0) is 49.7 Å². The van der Waals surface area contributed by atoms with E-state index < -0.39 is 0 Å². The summed E-state index contributed by atoms with van der Waals surface area (Å²) < 4.78 is 0. The molecule has 1 saturated heterocycles. The zero-order valence-electron chi connectivity index (χ0n) is 11.8. The highest BCUT2D eigenvalue weighted by Gasteiger charge is 2.26. The van der Waals surface area contributed by atoms with Gasteiger partial charge in [0.25, 0.3) is 0 Å². The van der Waals surface area contributed by atoms with E-state index in [1.165, 1.54) is 63.0 Å². The first-order valence-corrected chi connectivity index (χ1v) is 8.78. The van der Waals surface area contributed by atoms with Crippen LogP contribution in [0.5, 0.6) is 0 Å². The van der Waals surface area contributed by atoms with Crippen molar-refractivity contribution in [3.05, 3.63) is 22.4 Å². The number of rotatable bonds is 3. The lowest BCUT2D eigenvalue weighted by molar-refractivity contribution is 0.202. The molecule has 1 aromatic heterocycles. The van der Waals surface area contributed by atoms with Crippen molar-refractivity contribution in [2.24, 2.45) is 5.92 Å². The summed E-state index contributed by atoms with van der Waals surface area (Å²) in [5, 5.41) is 6.02. The van der Waals surface area contributed by atoms with E-state index in [2.05, 4.69) is 27.7 Å². The van der Waals surface area contributed by atoms with Crippen molar-refractivity contribution in [1.29, 1.82) is 0 Å². The largest absolute Gasteiger partial charge is 0.312 e. The van der Waals surface area contributed by atoms with Crippen LogP contribution in [0.1, 0.15) is 43.4 Å². The van der Waals surface area contributed by atoms with Crippen LogP contribution in [0.4, 0.5) is 0 Å². The van der Waals surface area contributed by atoms with Gasteiger partial charge in [-0.25, -0.2) is 0 Å². The molecule has 3 heteroatoms. The fourth-order valence-corrected chi connectivity index (χ4v) is 4.39. The van der Waals surface area contributed by atoms with Crippen molar-refractivity contribution in [3.8, 4) is 0 Å². The molecule has 1 N–H and O–H groups in total. The third-order valence-electron chi connectivity index (χ3n) is 4.69. The average molecular weight is 278 g/mol. The molecule has 1 unspecified atom stereocenters. The first-order chi connectivity index (χ1) is 9.42. The molecule has 0 spiro atoms. The number of nitrogens with one attached hydrogen (secondary N) is 1. The van der Waals surface area contributed by atoms with Gasteiger partial charge in [0.05, 0.1) is 0 Å². The fraction of sp³-hybridized carbons (Fsp3) is 0.750. The second-order valence-electron chi connectivity index (χ2n) is 6.13. The molecule has 1 aliphatic heterocycles. The number of nitrogens with zero attached hydrogens (tertiary/aromatic N) is 1. The van der Waals surface area contributed by atoms with Crippen LogP contribution in [0.25, 0.3) is 0 Å². The van der Waals surface area contributed by atoms with Gasteiger partial charge < -0.3 is 5.32 Å². The zero-order valence-corrected chi connectivity index (χ0v) is 12.6. The average Bonchev–Trinajstić information content (AvgIpc) is 2.84. The number of hydrogen-bond donors (Lipinski definition) is 1. The summed E-state index contributed by atoms with van der Waals surface area (Å²) in [4.78, 5) is 4.19. The van der Waals surface area contributed by atoms with E-state index in [4.69, 9.17) is 0 Å². The van der Waals surface area contributed by atoms with Gasteiger partial charge in [0.15, 0.2) is 0 Å². The standard InChI is InChI=1S/C16H26N2S/c1-2-6-14(7-3-1)16-13-18(10-5-9-17-16)12-15-8-4-11-19-15/h4,8,11,14,16-17H,1-3,5-7,9-10,12-13H2. The normalized spacial score (nSPS) is 27.3. The van der Waals surface area contributed by atoms with Gasteiger partial charge in [0, 0.05) is 24.0 Å². The molecule has 106 valence electrons. The van der Waals surface area contributed by atoms with Crippen LogP contribution < -0.4 is 5.32 Å². The summed E-state index contributed by atoms with van der Waals surface area (Å²) >= 11 is 1.90. The quantitative estimate of drug-likeness (QED) is 0.910. The Morgan fingerprint density at radius 2 is 2.11 bits per heavy atom. The first kappa shape index (κ1) is 13.6. The Hall–Kier alpha value is -0.380. The van der Waals surface area contributed by atoms with Gasteiger partial charge in [-0.3, -0.25) is 4.90 Å². The van der Waals surface area contributed by atoms with Gasteiger partial charge in [0.1, 0.15) is 0 Å². The van der Waals surface area contributed by atoms with E-state index in [1.807, 2.05) is 11.3 Å². The van der Waals surface area contributed by atoms with E-state index >= 15 is 0 Å². The van der Waals surface area contributed by atoms with Gasteiger partial charge in [-0.1, -0.05) is 25.3 Å². The maximum Gasteiger partial charge on any atom is 0.0328 e. The second kappa shape index (κ2) is 6.87. The van der Waals surface area contributed by atoms with E-state index in [1.54, 1.807) is 0 Å². The second-order valence-corrected chi connectivity index (χ2v) is 7.16. The molecule has 3 rings (SSSR count). The lowest BCUT2D eigenvalue weighted by Crippen LogP contribution is -2.43. The highest BCUT2D eigenvalue weighted by atomic mass is 32.1. The SMILES string of the molecule is c1csc(CN2CCCNC(C3CCCCC3)C2)c1. The summed E-state index contributed by atoms with van der Waals surface area (Å²) in [6.45, 7) is 4.88. The predicted molar refractivity (Wildman–Crippen MR) is 82.6 cm³/mol. The molecule has 2 heterocycles. The van der Waals surface area contributed by atoms with E-state index in [0.29, 0.717) is 0 Å². The molecule has 0 aromatic carbocycles. The maximum atomic E-state index is 3.82. The third kappa shape index (κ3) is 3.80. The Kier molecular flexibility index (Phi) is 4.91. The van der Waals surface area contributed by atoms with Gasteiger partial charge in [0.2, 0.25) is 0 Å². The van der Waals surface area contributed by atoms with Crippen molar-refractivity contribution >= 4 is 11.3 Å².